The summed E-state index contributed by atoms with van der Waals surface area (Å²) in [6, 6.07) is 6.74. The molecule has 1 heterocycles. The lowest BCUT2D eigenvalue weighted by atomic mass is 9.99. The van der Waals surface area contributed by atoms with Gasteiger partial charge in [-0.3, -0.25) is 9.52 Å². The van der Waals surface area contributed by atoms with Gasteiger partial charge >= 0.3 is 0 Å². The van der Waals surface area contributed by atoms with Gasteiger partial charge in [0, 0.05) is 24.3 Å². The highest BCUT2D eigenvalue weighted by atomic mass is 32.2. The summed E-state index contributed by atoms with van der Waals surface area (Å²) < 4.78 is 26.2. The maximum Gasteiger partial charge on any atom is 0.253 e. The van der Waals surface area contributed by atoms with Crippen molar-refractivity contribution >= 4 is 21.6 Å². The number of amides is 1. The fourth-order valence-electron chi connectivity index (χ4n) is 2.77. The van der Waals surface area contributed by atoms with Crippen LogP contribution in [-0.2, 0) is 10.0 Å². The second-order valence-corrected chi connectivity index (χ2v) is 7.84. The third-order valence-electron chi connectivity index (χ3n) is 3.80. The minimum Gasteiger partial charge on any atom is -0.338 e. The predicted octanol–water partition coefficient (Wildman–Crippen LogP) is 2.71. The van der Waals surface area contributed by atoms with E-state index in [1.807, 2.05) is 11.8 Å². The van der Waals surface area contributed by atoms with Crippen LogP contribution in [0.3, 0.4) is 0 Å². The standard InChI is InChI=1S/C16H24N2O3S/c1-3-10-22(20,21)17-15-8-4-7-14(11-15)16(19)18-9-5-6-13(2)12-18/h4,7-8,11,13,17H,3,5-6,9-10,12H2,1-2H3. The van der Waals surface area contributed by atoms with Crippen molar-refractivity contribution in [1.29, 1.82) is 0 Å². The molecule has 1 aromatic carbocycles. The van der Waals surface area contributed by atoms with Crippen molar-refractivity contribution < 1.29 is 13.2 Å². The van der Waals surface area contributed by atoms with Crippen molar-refractivity contribution in [3.05, 3.63) is 29.8 Å². The van der Waals surface area contributed by atoms with Gasteiger partial charge in [0.25, 0.3) is 5.91 Å². The highest BCUT2D eigenvalue weighted by molar-refractivity contribution is 7.92. The lowest BCUT2D eigenvalue weighted by molar-refractivity contribution is 0.0683. The number of anilines is 1. The van der Waals surface area contributed by atoms with Gasteiger partial charge in [-0.1, -0.05) is 19.9 Å². The molecular formula is C16H24N2O3S. The third kappa shape index (κ3) is 4.47. The molecular weight excluding hydrogens is 300 g/mol. The number of piperidine rings is 1. The molecule has 0 bridgehead atoms. The highest BCUT2D eigenvalue weighted by Crippen LogP contribution is 2.20. The molecule has 5 nitrogen and oxygen atoms in total. The molecule has 0 radical (unpaired) electrons. The number of likely N-dealkylation sites (tertiary alicyclic amines) is 1. The van der Waals surface area contributed by atoms with Crippen LogP contribution in [0, 0.1) is 5.92 Å². The van der Waals surface area contributed by atoms with Crippen molar-refractivity contribution in [2.75, 3.05) is 23.6 Å². The van der Waals surface area contributed by atoms with Crippen LogP contribution in [0.2, 0.25) is 0 Å². The zero-order valence-electron chi connectivity index (χ0n) is 13.2. The Hall–Kier alpha value is -1.56. The number of carbonyl (C=O) groups is 1. The van der Waals surface area contributed by atoms with Crippen LogP contribution in [0.5, 0.6) is 0 Å². The van der Waals surface area contributed by atoms with E-state index in [4.69, 9.17) is 0 Å². The number of benzene rings is 1. The number of sulfonamides is 1. The van der Waals surface area contributed by atoms with E-state index in [9.17, 15) is 13.2 Å². The Morgan fingerprint density at radius 1 is 1.41 bits per heavy atom. The summed E-state index contributed by atoms with van der Waals surface area (Å²) in [6.07, 6.45) is 2.73. The van der Waals surface area contributed by atoms with E-state index in [1.165, 1.54) is 0 Å². The van der Waals surface area contributed by atoms with Gasteiger partial charge in [0.15, 0.2) is 0 Å². The molecule has 122 valence electrons. The Labute approximate surface area is 132 Å². The van der Waals surface area contributed by atoms with Crippen LogP contribution < -0.4 is 4.72 Å². The molecule has 0 aromatic heterocycles. The molecule has 1 amide bonds. The number of carbonyl (C=O) groups excluding carboxylic acids is 1. The molecule has 1 aromatic rings. The third-order valence-corrected chi connectivity index (χ3v) is 5.29. The smallest absolute Gasteiger partial charge is 0.253 e. The van der Waals surface area contributed by atoms with Crippen LogP contribution in [0.1, 0.15) is 43.5 Å². The van der Waals surface area contributed by atoms with Crippen molar-refractivity contribution in [2.45, 2.75) is 33.1 Å². The first kappa shape index (κ1) is 16.8. The maximum atomic E-state index is 12.5. The first-order valence-electron chi connectivity index (χ1n) is 7.81. The summed E-state index contributed by atoms with van der Waals surface area (Å²) in [5.74, 6) is 0.571. The quantitative estimate of drug-likeness (QED) is 0.905. The van der Waals surface area contributed by atoms with Crippen molar-refractivity contribution in [1.82, 2.24) is 4.90 Å². The molecule has 0 spiro atoms. The number of hydrogen-bond acceptors (Lipinski definition) is 3. The minimum absolute atomic E-state index is 0.0249. The number of rotatable bonds is 5. The summed E-state index contributed by atoms with van der Waals surface area (Å²) >= 11 is 0. The zero-order chi connectivity index (χ0) is 16.2. The molecule has 1 aliphatic rings. The Bertz CT molecular complexity index is 628. The van der Waals surface area contributed by atoms with Gasteiger partial charge in [-0.15, -0.1) is 0 Å². The van der Waals surface area contributed by atoms with Gasteiger partial charge in [-0.25, -0.2) is 8.42 Å². The van der Waals surface area contributed by atoms with Crippen molar-refractivity contribution in [3.63, 3.8) is 0 Å². The summed E-state index contributed by atoms with van der Waals surface area (Å²) in [6.45, 7) is 5.50. The van der Waals surface area contributed by atoms with E-state index in [0.29, 0.717) is 23.6 Å². The Morgan fingerprint density at radius 2 is 2.18 bits per heavy atom. The lowest BCUT2D eigenvalue weighted by Gasteiger charge is -2.31. The molecule has 1 aliphatic heterocycles. The molecule has 6 heteroatoms. The van der Waals surface area contributed by atoms with Crippen LogP contribution in [-0.4, -0.2) is 38.1 Å². The maximum absolute atomic E-state index is 12.5. The van der Waals surface area contributed by atoms with Gasteiger partial charge in [0.2, 0.25) is 10.0 Å². The zero-order valence-corrected chi connectivity index (χ0v) is 14.0. The van der Waals surface area contributed by atoms with Crippen molar-refractivity contribution in [2.24, 2.45) is 5.92 Å². The van der Waals surface area contributed by atoms with Crippen LogP contribution >= 0.6 is 0 Å². The average molecular weight is 324 g/mol. The van der Waals surface area contributed by atoms with E-state index >= 15 is 0 Å². The van der Waals surface area contributed by atoms with Gasteiger partial charge in [0.05, 0.1) is 5.75 Å². The first-order chi connectivity index (χ1) is 10.4. The minimum atomic E-state index is -3.34. The van der Waals surface area contributed by atoms with Gasteiger partial charge in [-0.05, 0) is 43.4 Å². The Balaban J connectivity index is 2.12. The van der Waals surface area contributed by atoms with E-state index < -0.39 is 10.0 Å². The molecule has 1 atom stereocenters. The normalized spacial score (nSPS) is 19.0. The van der Waals surface area contributed by atoms with Crippen LogP contribution in [0.4, 0.5) is 5.69 Å². The average Bonchev–Trinajstić information content (AvgIpc) is 2.46. The Kier molecular flexibility index (Phi) is 5.45. The first-order valence-corrected chi connectivity index (χ1v) is 9.46. The fraction of sp³-hybridized carbons (Fsp3) is 0.562. The predicted molar refractivity (Wildman–Crippen MR) is 88.4 cm³/mol. The molecule has 1 saturated heterocycles. The number of nitrogens with one attached hydrogen (secondary N) is 1. The summed E-state index contributed by atoms with van der Waals surface area (Å²) in [5, 5.41) is 0. The molecule has 22 heavy (non-hydrogen) atoms. The van der Waals surface area contributed by atoms with E-state index in [0.717, 1.165) is 25.9 Å². The molecule has 1 N–H and O–H groups in total. The molecule has 1 unspecified atom stereocenters. The topological polar surface area (TPSA) is 66.5 Å². The van der Waals surface area contributed by atoms with E-state index in [1.54, 1.807) is 24.3 Å². The molecule has 0 aliphatic carbocycles. The second kappa shape index (κ2) is 7.13. The monoisotopic (exact) mass is 324 g/mol. The van der Waals surface area contributed by atoms with Crippen molar-refractivity contribution in [3.8, 4) is 0 Å². The number of hydrogen-bond donors (Lipinski definition) is 1. The van der Waals surface area contributed by atoms with Gasteiger partial charge in [-0.2, -0.15) is 0 Å². The summed E-state index contributed by atoms with van der Waals surface area (Å²) in [4.78, 5) is 14.4. The lowest BCUT2D eigenvalue weighted by Crippen LogP contribution is -2.39. The fourth-order valence-corrected chi connectivity index (χ4v) is 3.90. The van der Waals surface area contributed by atoms with E-state index in [-0.39, 0.29) is 11.7 Å². The molecule has 0 saturated carbocycles. The van der Waals surface area contributed by atoms with Gasteiger partial charge in [0.1, 0.15) is 0 Å². The Morgan fingerprint density at radius 3 is 2.86 bits per heavy atom. The molecule has 1 fully saturated rings. The van der Waals surface area contributed by atoms with Crippen LogP contribution in [0.25, 0.3) is 0 Å². The number of nitrogens with zero attached hydrogens (tertiary/aromatic N) is 1. The largest absolute Gasteiger partial charge is 0.338 e. The summed E-state index contributed by atoms with van der Waals surface area (Å²) in [5.41, 5.74) is 0.982. The van der Waals surface area contributed by atoms with Crippen LogP contribution in [0.15, 0.2) is 24.3 Å². The second-order valence-electron chi connectivity index (χ2n) is 6.00. The SMILES string of the molecule is CCCS(=O)(=O)Nc1cccc(C(=O)N2CCCC(C)C2)c1. The van der Waals surface area contributed by atoms with E-state index in [2.05, 4.69) is 11.6 Å². The summed E-state index contributed by atoms with van der Waals surface area (Å²) in [7, 11) is -3.34. The molecule has 2 rings (SSSR count). The highest BCUT2D eigenvalue weighted by Gasteiger charge is 2.22. The van der Waals surface area contributed by atoms with Gasteiger partial charge < -0.3 is 4.90 Å².